The molecule has 0 aromatic heterocycles. The molecule has 1 aromatic rings. The molecule has 4 heteroatoms. The van der Waals surface area contributed by atoms with E-state index >= 15 is 0 Å². The van der Waals surface area contributed by atoms with Crippen molar-refractivity contribution in [3.8, 4) is 0 Å². The fraction of sp³-hybridized carbons (Fsp3) is 0.364. The average molecular weight is 210 g/mol. The Morgan fingerprint density at radius 2 is 2.20 bits per heavy atom. The smallest absolute Gasteiger partial charge is 0.239 e. The van der Waals surface area contributed by atoms with Crippen molar-refractivity contribution in [2.75, 3.05) is 18.4 Å². The van der Waals surface area contributed by atoms with Crippen molar-refractivity contribution in [3.05, 3.63) is 29.6 Å². The van der Waals surface area contributed by atoms with Crippen molar-refractivity contribution >= 4 is 11.6 Å². The number of hydrogen-bond donors (Lipinski definition) is 2. The minimum Gasteiger partial charge on any atom is -0.374 e. The second kappa shape index (κ2) is 5.34. The van der Waals surface area contributed by atoms with Gasteiger partial charge in [-0.25, -0.2) is 4.39 Å². The minimum atomic E-state index is -0.334. The molecule has 1 rings (SSSR count). The fourth-order valence-electron chi connectivity index (χ4n) is 1.20. The van der Waals surface area contributed by atoms with Gasteiger partial charge >= 0.3 is 0 Å². The Labute approximate surface area is 88.7 Å². The number of halogens is 1. The van der Waals surface area contributed by atoms with Gasteiger partial charge in [-0.1, -0.05) is 6.07 Å². The summed E-state index contributed by atoms with van der Waals surface area (Å²) in [6.45, 7) is 4.33. The number of nitrogens with one attached hydrogen (secondary N) is 2. The first-order valence-corrected chi connectivity index (χ1v) is 4.90. The van der Waals surface area contributed by atoms with Crippen LogP contribution in [-0.2, 0) is 4.79 Å². The van der Waals surface area contributed by atoms with Crippen molar-refractivity contribution in [3.63, 3.8) is 0 Å². The van der Waals surface area contributed by atoms with Gasteiger partial charge in [-0.2, -0.15) is 0 Å². The van der Waals surface area contributed by atoms with Gasteiger partial charge in [0.2, 0.25) is 5.91 Å². The van der Waals surface area contributed by atoms with E-state index in [1.54, 1.807) is 12.1 Å². The summed E-state index contributed by atoms with van der Waals surface area (Å²) < 4.78 is 13.3. The van der Waals surface area contributed by atoms with Gasteiger partial charge in [0.15, 0.2) is 0 Å². The second-order valence-corrected chi connectivity index (χ2v) is 3.29. The van der Waals surface area contributed by atoms with Gasteiger partial charge in [-0.3, -0.25) is 4.79 Å². The zero-order valence-corrected chi connectivity index (χ0v) is 8.93. The average Bonchev–Trinajstić information content (AvgIpc) is 2.17. The molecule has 0 aliphatic rings. The quantitative estimate of drug-likeness (QED) is 0.794. The zero-order valence-electron chi connectivity index (χ0n) is 8.93. The summed E-state index contributed by atoms with van der Waals surface area (Å²) in [7, 11) is 0. The predicted octanol–water partition coefficient (Wildman–Crippen LogP) is 1.68. The van der Waals surface area contributed by atoms with E-state index in [4.69, 9.17) is 0 Å². The van der Waals surface area contributed by atoms with Crippen molar-refractivity contribution in [2.24, 2.45) is 0 Å². The molecular weight excluding hydrogens is 195 g/mol. The standard InChI is InChI=1S/C11H15FN2O/c1-3-13-11(15)7-14-10-5-4-8(2)6-9(10)12/h4-6,14H,3,7H2,1-2H3,(H,13,15). The maximum atomic E-state index is 13.3. The van der Waals surface area contributed by atoms with Gasteiger partial charge in [-0.05, 0) is 31.5 Å². The Bertz CT molecular complexity index is 352. The summed E-state index contributed by atoms with van der Waals surface area (Å²) in [5, 5.41) is 5.36. The zero-order chi connectivity index (χ0) is 11.3. The maximum Gasteiger partial charge on any atom is 0.239 e. The topological polar surface area (TPSA) is 41.1 Å². The van der Waals surface area contributed by atoms with E-state index in [0.717, 1.165) is 5.56 Å². The number of anilines is 1. The lowest BCUT2D eigenvalue weighted by Gasteiger charge is -2.07. The van der Waals surface area contributed by atoms with E-state index in [9.17, 15) is 9.18 Å². The Balaban J connectivity index is 2.54. The van der Waals surface area contributed by atoms with Crippen molar-refractivity contribution in [1.29, 1.82) is 0 Å². The summed E-state index contributed by atoms with van der Waals surface area (Å²) in [4.78, 5) is 11.1. The third kappa shape index (κ3) is 3.58. The molecule has 0 heterocycles. The third-order valence-corrected chi connectivity index (χ3v) is 1.94. The van der Waals surface area contributed by atoms with E-state index in [1.807, 2.05) is 13.8 Å². The van der Waals surface area contributed by atoms with Gasteiger partial charge in [0.05, 0.1) is 12.2 Å². The van der Waals surface area contributed by atoms with E-state index < -0.39 is 0 Å². The molecule has 0 atom stereocenters. The molecule has 0 aliphatic heterocycles. The first kappa shape index (κ1) is 11.5. The Hall–Kier alpha value is -1.58. The molecule has 0 bridgehead atoms. The van der Waals surface area contributed by atoms with Crippen LogP contribution in [0.4, 0.5) is 10.1 Å². The number of benzene rings is 1. The molecule has 1 amide bonds. The van der Waals surface area contributed by atoms with Crippen LogP contribution in [0.2, 0.25) is 0 Å². The second-order valence-electron chi connectivity index (χ2n) is 3.29. The van der Waals surface area contributed by atoms with Crippen LogP contribution in [0.1, 0.15) is 12.5 Å². The van der Waals surface area contributed by atoms with Crippen LogP contribution < -0.4 is 10.6 Å². The number of aryl methyl sites for hydroxylation is 1. The molecule has 0 spiro atoms. The van der Waals surface area contributed by atoms with Crippen LogP contribution in [0.15, 0.2) is 18.2 Å². The SMILES string of the molecule is CCNC(=O)CNc1ccc(C)cc1F. The maximum absolute atomic E-state index is 13.3. The third-order valence-electron chi connectivity index (χ3n) is 1.94. The van der Waals surface area contributed by atoms with Gasteiger partial charge in [0, 0.05) is 6.54 Å². The highest BCUT2D eigenvalue weighted by Gasteiger charge is 2.03. The Morgan fingerprint density at radius 1 is 1.47 bits per heavy atom. The van der Waals surface area contributed by atoms with Crippen LogP contribution in [0, 0.1) is 12.7 Å². The predicted molar refractivity (Wildman–Crippen MR) is 58.3 cm³/mol. The highest BCUT2D eigenvalue weighted by atomic mass is 19.1. The van der Waals surface area contributed by atoms with Gasteiger partial charge in [0.1, 0.15) is 5.82 Å². The molecule has 0 radical (unpaired) electrons. The normalized spacial score (nSPS) is 9.80. The molecule has 2 N–H and O–H groups in total. The highest BCUT2D eigenvalue weighted by molar-refractivity contribution is 5.80. The number of rotatable bonds is 4. The molecule has 0 aliphatic carbocycles. The molecule has 82 valence electrons. The molecule has 0 fully saturated rings. The molecule has 0 saturated heterocycles. The number of amides is 1. The van der Waals surface area contributed by atoms with Gasteiger partial charge < -0.3 is 10.6 Å². The molecule has 3 nitrogen and oxygen atoms in total. The molecule has 0 unspecified atom stereocenters. The van der Waals surface area contributed by atoms with E-state index in [0.29, 0.717) is 12.2 Å². The Morgan fingerprint density at radius 3 is 2.80 bits per heavy atom. The highest BCUT2D eigenvalue weighted by Crippen LogP contribution is 2.14. The Kier molecular flexibility index (Phi) is 4.09. The summed E-state index contributed by atoms with van der Waals surface area (Å²) >= 11 is 0. The summed E-state index contributed by atoms with van der Waals surface area (Å²) in [6, 6.07) is 4.85. The van der Waals surface area contributed by atoms with Crippen molar-refractivity contribution in [1.82, 2.24) is 5.32 Å². The van der Waals surface area contributed by atoms with Crippen LogP contribution in [0.3, 0.4) is 0 Å². The van der Waals surface area contributed by atoms with Crippen LogP contribution in [-0.4, -0.2) is 19.0 Å². The van der Waals surface area contributed by atoms with E-state index in [-0.39, 0.29) is 18.3 Å². The number of likely N-dealkylation sites (N-methyl/N-ethyl adjacent to an activating group) is 1. The summed E-state index contributed by atoms with van der Waals surface area (Å²) in [5.74, 6) is -0.475. The largest absolute Gasteiger partial charge is 0.374 e. The monoisotopic (exact) mass is 210 g/mol. The lowest BCUT2D eigenvalue weighted by atomic mass is 10.2. The summed E-state index contributed by atoms with van der Waals surface area (Å²) in [6.07, 6.45) is 0. The number of hydrogen-bond acceptors (Lipinski definition) is 2. The molecular formula is C11H15FN2O. The molecule has 1 aromatic carbocycles. The van der Waals surface area contributed by atoms with E-state index in [2.05, 4.69) is 10.6 Å². The van der Waals surface area contributed by atoms with Gasteiger partial charge in [-0.15, -0.1) is 0 Å². The first-order valence-electron chi connectivity index (χ1n) is 4.90. The molecule has 15 heavy (non-hydrogen) atoms. The lowest BCUT2D eigenvalue weighted by molar-refractivity contribution is -0.119. The molecule has 0 saturated carbocycles. The lowest BCUT2D eigenvalue weighted by Crippen LogP contribution is -2.29. The number of carbonyl (C=O) groups excluding carboxylic acids is 1. The van der Waals surface area contributed by atoms with E-state index in [1.165, 1.54) is 6.07 Å². The van der Waals surface area contributed by atoms with Crippen molar-refractivity contribution in [2.45, 2.75) is 13.8 Å². The number of carbonyl (C=O) groups is 1. The van der Waals surface area contributed by atoms with Crippen molar-refractivity contribution < 1.29 is 9.18 Å². The van der Waals surface area contributed by atoms with Crippen LogP contribution in [0.25, 0.3) is 0 Å². The minimum absolute atomic E-state index is 0.0911. The van der Waals surface area contributed by atoms with Crippen LogP contribution >= 0.6 is 0 Å². The van der Waals surface area contributed by atoms with Crippen LogP contribution in [0.5, 0.6) is 0 Å². The first-order chi connectivity index (χ1) is 7.13. The summed E-state index contributed by atoms with van der Waals surface area (Å²) in [5.41, 5.74) is 1.21. The fourth-order valence-corrected chi connectivity index (χ4v) is 1.20. The van der Waals surface area contributed by atoms with Gasteiger partial charge in [0.25, 0.3) is 0 Å².